The maximum atomic E-state index is 14.2. The summed E-state index contributed by atoms with van der Waals surface area (Å²) in [7, 11) is 0. The van der Waals surface area contributed by atoms with Crippen LogP contribution in [0.5, 0.6) is 0 Å². The van der Waals surface area contributed by atoms with Crippen molar-refractivity contribution in [2.75, 3.05) is 0 Å². The quantitative estimate of drug-likeness (QED) is 0.524. The molecule has 0 aliphatic carbocycles. The zero-order chi connectivity index (χ0) is 15.1. The molecule has 1 aromatic carbocycles. The van der Waals surface area contributed by atoms with Crippen molar-refractivity contribution in [2.45, 2.75) is 0 Å². The summed E-state index contributed by atoms with van der Waals surface area (Å²) in [6.45, 7) is 0. The minimum atomic E-state index is -0.851. The molecular formula is C12H4Cl2F2N4S. The van der Waals surface area contributed by atoms with Gasteiger partial charge in [0.1, 0.15) is 28.3 Å². The fraction of sp³-hybridized carbons (Fsp3) is 0. The van der Waals surface area contributed by atoms with Gasteiger partial charge in [-0.15, -0.1) is 0 Å². The van der Waals surface area contributed by atoms with Crippen molar-refractivity contribution in [1.82, 2.24) is 19.6 Å². The molecule has 0 spiro atoms. The van der Waals surface area contributed by atoms with Gasteiger partial charge in [0, 0.05) is 5.37 Å². The maximum absolute atomic E-state index is 14.2. The normalized spacial score (nSPS) is 11.0. The fourth-order valence-corrected chi connectivity index (χ4v) is 2.64. The Kier molecular flexibility index (Phi) is 3.56. The van der Waals surface area contributed by atoms with Crippen LogP contribution in [0.15, 0.2) is 18.5 Å². The highest BCUT2D eigenvalue weighted by Gasteiger charge is 2.22. The second kappa shape index (κ2) is 5.25. The van der Waals surface area contributed by atoms with Crippen molar-refractivity contribution in [1.29, 1.82) is 0 Å². The van der Waals surface area contributed by atoms with E-state index >= 15 is 0 Å². The van der Waals surface area contributed by atoms with Crippen LogP contribution in [0.4, 0.5) is 8.78 Å². The molecule has 0 N–H and O–H groups in total. The van der Waals surface area contributed by atoms with E-state index in [9.17, 15) is 8.78 Å². The Hall–Kier alpha value is -1.70. The number of thiocarbonyl (C=S) groups is 1. The first-order valence-corrected chi connectivity index (χ1v) is 6.75. The van der Waals surface area contributed by atoms with Crippen LogP contribution in [-0.2, 0) is 0 Å². The van der Waals surface area contributed by atoms with Crippen molar-refractivity contribution in [3.05, 3.63) is 46.0 Å². The minimum Gasteiger partial charge on any atom is -0.206 e. The van der Waals surface area contributed by atoms with Crippen molar-refractivity contribution in [3.63, 3.8) is 0 Å². The molecule has 0 saturated heterocycles. The molecule has 0 aliphatic heterocycles. The van der Waals surface area contributed by atoms with E-state index < -0.39 is 17.2 Å². The Bertz CT molecular complexity index is 858. The number of hydrogen-bond donors (Lipinski definition) is 0. The molecule has 0 aliphatic rings. The first-order chi connectivity index (χ1) is 10.0. The number of rotatable bonds is 2. The molecule has 2 heterocycles. The zero-order valence-corrected chi connectivity index (χ0v) is 12.3. The van der Waals surface area contributed by atoms with E-state index in [1.54, 1.807) is 0 Å². The molecule has 21 heavy (non-hydrogen) atoms. The van der Waals surface area contributed by atoms with Crippen LogP contribution in [0.3, 0.4) is 0 Å². The summed E-state index contributed by atoms with van der Waals surface area (Å²) < 4.78 is 29.5. The van der Waals surface area contributed by atoms with E-state index in [4.69, 9.17) is 23.2 Å². The lowest BCUT2D eigenvalue weighted by Crippen LogP contribution is -2.01. The minimum absolute atomic E-state index is 0.0876. The van der Waals surface area contributed by atoms with E-state index in [0.717, 1.165) is 22.0 Å². The third kappa shape index (κ3) is 2.27. The number of halogens is 4. The summed E-state index contributed by atoms with van der Waals surface area (Å²) in [4.78, 5) is 7.72. The summed E-state index contributed by atoms with van der Waals surface area (Å²) in [6, 6.07) is 2.17. The molecule has 106 valence electrons. The van der Waals surface area contributed by atoms with Crippen LogP contribution < -0.4 is 0 Å². The van der Waals surface area contributed by atoms with Crippen LogP contribution >= 0.6 is 35.4 Å². The molecule has 0 atom stereocenters. The molecule has 2 aromatic heterocycles. The van der Waals surface area contributed by atoms with Gasteiger partial charge in [-0.25, -0.2) is 8.78 Å². The van der Waals surface area contributed by atoms with Gasteiger partial charge in [0.15, 0.2) is 0 Å². The monoisotopic (exact) mass is 344 g/mol. The maximum Gasteiger partial charge on any atom is 0.255 e. The number of benzene rings is 1. The van der Waals surface area contributed by atoms with Gasteiger partial charge in [0.25, 0.3) is 5.78 Å². The molecule has 3 aromatic rings. The Balaban J connectivity index is 2.37. The molecule has 0 saturated carbocycles. The molecular weight excluding hydrogens is 341 g/mol. The topological polar surface area (TPSA) is 43.1 Å². The SMILES string of the molecule is Fc1cc(C=S)cc(F)c1-c1c(Cl)nc2ncnn2c1Cl. The third-order valence-corrected chi connectivity index (χ3v) is 3.67. The van der Waals surface area contributed by atoms with Gasteiger partial charge in [0.05, 0.1) is 11.1 Å². The molecule has 4 nitrogen and oxygen atoms in total. The fourth-order valence-electron chi connectivity index (χ4n) is 1.89. The standard InChI is InChI=1S/C12H4Cl2F2N4S/c13-10-9(11(14)20-12(19-10)17-4-18-20)8-6(15)1-5(3-21)2-7(8)16/h1-4H. The van der Waals surface area contributed by atoms with Gasteiger partial charge in [-0.05, 0) is 17.7 Å². The highest BCUT2D eigenvalue weighted by molar-refractivity contribution is 7.79. The molecule has 9 heteroatoms. The van der Waals surface area contributed by atoms with Crippen LogP contribution in [0.1, 0.15) is 5.56 Å². The summed E-state index contributed by atoms with van der Waals surface area (Å²) >= 11 is 16.7. The van der Waals surface area contributed by atoms with Crippen molar-refractivity contribution < 1.29 is 8.78 Å². The summed E-state index contributed by atoms with van der Waals surface area (Å²) in [6.07, 6.45) is 1.20. The van der Waals surface area contributed by atoms with E-state index in [2.05, 4.69) is 27.3 Å². The highest BCUT2D eigenvalue weighted by atomic mass is 35.5. The second-order valence-electron chi connectivity index (χ2n) is 4.02. The van der Waals surface area contributed by atoms with Gasteiger partial charge >= 0.3 is 0 Å². The number of nitrogens with zero attached hydrogens (tertiary/aromatic N) is 4. The Morgan fingerprint density at radius 3 is 2.43 bits per heavy atom. The van der Waals surface area contributed by atoms with Gasteiger partial charge in [-0.1, -0.05) is 35.4 Å². The molecule has 0 radical (unpaired) electrons. The largest absolute Gasteiger partial charge is 0.255 e. The molecule has 0 fully saturated rings. The lowest BCUT2D eigenvalue weighted by molar-refractivity contribution is 0.589. The molecule has 0 unspecified atom stereocenters. The smallest absolute Gasteiger partial charge is 0.206 e. The summed E-state index contributed by atoms with van der Waals surface area (Å²) in [5, 5.41) is 4.73. The van der Waals surface area contributed by atoms with Crippen LogP contribution in [-0.4, -0.2) is 24.9 Å². The van der Waals surface area contributed by atoms with E-state index in [1.165, 1.54) is 6.33 Å². The van der Waals surface area contributed by atoms with Gasteiger partial charge in [0.2, 0.25) is 0 Å². The van der Waals surface area contributed by atoms with Crippen molar-refractivity contribution >= 4 is 46.6 Å². The van der Waals surface area contributed by atoms with E-state index in [0.29, 0.717) is 0 Å². The third-order valence-electron chi connectivity index (χ3n) is 2.78. The predicted octanol–water partition coefficient (Wildman–Crippen LogP) is 3.72. The number of hydrogen-bond acceptors (Lipinski definition) is 4. The molecule has 0 bridgehead atoms. The lowest BCUT2D eigenvalue weighted by Gasteiger charge is -2.10. The number of aromatic nitrogens is 4. The number of fused-ring (bicyclic) bond motifs is 1. The van der Waals surface area contributed by atoms with Crippen LogP contribution in [0, 0.1) is 11.6 Å². The van der Waals surface area contributed by atoms with Crippen LogP contribution in [0.25, 0.3) is 16.9 Å². The first-order valence-electron chi connectivity index (χ1n) is 5.52. The molecule has 0 amide bonds. The second-order valence-corrected chi connectivity index (χ2v) is 4.97. The Labute approximate surface area is 132 Å². The highest BCUT2D eigenvalue weighted by Crippen LogP contribution is 2.37. The Morgan fingerprint density at radius 1 is 1.14 bits per heavy atom. The van der Waals surface area contributed by atoms with Crippen molar-refractivity contribution in [3.8, 4) is 11.1 Å². The summed E-state index contributed by atoms with van der Waals surface area (Å²) in [5.74, 6) is -1.57. The lowest BCUT2D eigenvalue weighted by atomic mass is 10.1. The van der Waals surface area contributed by atoms with Crippen molar-refractivity contribution in [2.24, 2.45) is 0 Å². The van der Waals surface area contributed by atoms with E-state index in [1.807, 2.05) is 0 Å². The molecule has 3 rings (SSSR count). The van der Waals surface area contributed by atoms with Gasteiger partial charge < -0.3 is 0 Å². The average Bonchev–Trinajstić information content (AvgIpc) is 2.89. The van der Waals surface area contributed by atoms with Gasteiger partial charge in [-0.2, -0.15) is 19.6 Å². The Morgan fingerprint density at radius 2 is 1.81 bits per heavy atom. The van der Waals surface area contributed by atoms with Crippen LogP contribution in [0.2, 0.25) is 10.3 Å². The first kappa shape index (κ1) is 14.2. The summed E-state index contributed by atoms with van der Waals surface area (Å²) in [5.41, 5.74) is -0.261. The van der Waals surface area contributed by atoms with E-state index in [-0.39, 0.29) is 27.2 Å². The predicted molar refractivity (Wildman–Crippen MR) is 78.9 cm³/mol. The average molecular weight is 345 g/mol. The zero-order valence-electron chi connectivity index (χ0n) is 10.0. The van der Waals surface area contributed by atoms with Gasteiger partial charge in [-0.3, -0.25) is 0 Å².